The summed E-state index contributed by atoms with van der Waals surface area (Å²) in [5.41, 5.74) is 0.756. The van der Waals surface area contributed by atoms with E-state index in [0.717, 1.165) is 31.4 Å². The lowest BCUT2D eigenvalue weighted by molar-refractivity contribution is 0.153. The highest BCUT2D eigenvalue weighted by Crippen LogP contribution is 2.23. The van der Waals surface area contributed by atoms with Crippen molar-refractivity contribution in [2.45, 2.75) is 38.3 Å². The van der Waals surface area contributed by atoms with Gasteiger partial charge < -0.3 is 15.7 Å². The number of halogens is 1. The van der Waals surface area contributed by atoms with Crippen LogP contribution >= 0.6 is 11.6 Å². The summed E-state index contributed by atoms with van der Waals surface area (Å²) < 4.78 is 0. The van der Waals surface area contributed by atoms with Crippen LogP contribution in [0.25, 0.3) is 0 Å². The lowest BCUT2D eigenvalue weighted by atomic mass is 9.85. The molecule has 0 aromatic carbocycles. The van der Waals surface area contributed by atoms with Crippen LogP contribution in [0.2, 0.25) is 5.02 Å². The number of carbonyl (C=O) groups is 1. The summed E-state index contributed by atoms with van der Waals surface area (Å²) >= 11 is 5.75. The van der Waals surface area contributed by atoms with E-state index in [4.69, 9.17) is 11.6 Å². The second kappa shape index (κ2) is 7.45. The van der Waals surface area contributed by atoms with Gasteiger partial charge in [-0.15, -0.1) is 0 Å². The molecule has 0 spiro atoms. The third-order valence-corrected chi connectivity index (χ3v) is 3.90. The highest BCUT2D eigenvalue weighted by atomic mass is 35.5. The Balaban J connectivity index is 1.78. The quantitative estimate of drug-likeness (QED) is 0.796. The van der Waals surface area contributed by atoms with Crippen LogP contribution in [0.5, 0.6) is 0 Å². The number of aliphatic hydroxyl groups excluding tert-OH is 1. The molecule has 2 amide bonds. The van der Waals surface area contributed by atoms with Gasteiger partial charge in [-0.2, -0.15) is 0 Å². The molecule has 5 nitrogen and oxygen atoms in total. The molecule has 1 saturated carbocycles. The fraction of sp³-hybridized carbons (Fsp3) is 0.571. The summed E-state index contributed by atoms with van der Waals surface area (Å²) in [5, 5.41) is 15.6. The number of pyridine rings is 1. The van der Waals surface area contributed by atoms with Gasteiger partial charge in [-0.05, 0) is 25.0 Å². The minimum atomic E-state index is -0.216. The number of aromatic nitrogens is 1. The first-order valence-electron chi connectivity index (χ1n) is 6.94. The van der Waals surface area contributed by atoms with E-state index in [9.17, 15) is 9.90 Å². The van der Waals surface area contributed by atoms with E-state index >= 15 is 0 Å². The van der Waals surface area contributed by atoms with E-state index in [2.05, 4.69) is 15.6 Å². The molecule has 1 aliphatic rings. The monoisotopic (exact) mass is 297 g/mol. The Morgan fingerprint density at radius 1 is 1.40 bits per heavy atom. The Hall–Kier alpha value is -1.33. The SMILES string of the molecule is O=C(NCc1ccc(Cl)cn1)NC1CCCCC1CO. The number of amides is 2. The van der Waals surface area contributed by atoms with Crippen molar-refractivity contribution in [1.82, 2.24) is 15.6 Å². The normalized spacial score (nSPS) is 22.3. The summed E-state index contributed by atoms with van der Waals surface area (Å²) in [6, 6.07) is 3.37. The number of hydrogen-bond acceptors (Lipinski definition) is 3. The fourth-order valence-electron chi connectivity index (χ4n) is 2.52. The summed E-state index contributed by atoms with van der Waals surface area (Å²) in [4.78, 5) is 16.0. The molecular formula is C14H20ClN3O2. The van der Waals surface area contributed by atoms with Gasteiger partial charge in [0.2, 0.25) is 0 Å². The number of nitrogens with zero attached hydrogens (tertiary/aromatic N) is 1. The molecular weight excluding hydrogens is 278 g/mol. The molecule has 0 saturated heterocycles. The topological polar surface area (TPSA) is 74.2 Å². The molecule has 0 radical (unpaired) electrons. The molecule has 1 aliphatic carbocycles. The van der Waals surface area contributed by atoms with Gasteiger partial charge in [-0.1, -0.05) is 24.4 Å². The van der Waals surface area contributed by atoms with E-state index in [1.54, 1.807) is 18.3 Å². The Morgan fingerprint density at radius 3 is 2.90 bits per heavy atom. The van der Waals surface area contributed by atoms with Crippen LogP contribution in [0.15, 0.2) is 18.3 Å². The number of nitrogens with one attached hydrogen (secondary N) is 2. The highest BCUT2D eigenvalue weighted by molar-refractivity contribution is 6.30. The molecule has 1 fully saturated rings. The molecule has 2 unspecified atom stereocenters. The van der Waals surface area contributed by atoms with Gasteiger partial charge in [-0.25, -0.2) is 4.79 Å². The highest BCUT2D eigenvalue weighted by Gasteiger charge is 2.25. The maximum atomic E-state index is 11.9. The summed E-state index contributed by atoms with van der Waals surface area (Å²) in [6.45, 7) is 0.489. The Bertz CT molecular complexity index is 439. The average Bonchev–Trinajstić information content (AvgIpc) is 2.47. The smallest absolute Gasteiger partial charge is 0.315 e. The van der Waals surface area contributed by atoms with E-state index in [1.165, 1.54) is 0 Å². The van der Waals surface area contributed by atoms with Gasteiger partial charge in [0.25, 0.3) is 0 Å². The number of aliphatic hydroxyl groups is 1. The lowest BCUT2D eigenvalue weighted by Gasteiger charge is -2.30. The fourth-order valence-corrected chi connectivity index (χ4v) is 2.63. The molecule has 6 heteroatoms. The van der Waals surface area contributed by atoms with Gasteiger partial charge >= 0.3 is 6.03 Å². The van der Waals surface area contributed by atoms with Crippen LogP contribution < -0.4 is 10.6 Å². The molecule has 1 heterocycles. The second-order valence-electron chi connectivity index (χ2n) is 5.13. The Morgan fingerprint density at radius 2 is 2.20 bits per heavy atom. The van der Waals surface area contributed by atoms with Crippen molar-refractivity contribution in [3.05, 3.63) is 29.0 Å². The lowest BCUT2D eigenvalue weighted by Crippen LogP contribution is -2.47. The van der Waals surface area contributed by atoms with Crippen LogP contribution in [0, 0.1) is 5.92 Å². The van der Waals surface area contributed by atoms with Crippen LogP contribution in [0.4, 0.5) is 4.79 Å². The van der Waals surface area contributed by atoms with Gasteiger partial charge in [0, 0.05) is 24.8 Å². The molecule has 0 aliphatic heterocycles. The van der Waals surface area contributed by atoms with Crippen molar-refractivity contribution in [1.29, 1.82) is 0 Å². The standard InChI is InChI=1S/C14H20ClN3O2/c15-11-5-6-12(16-7-11)8-17-14(20)18-13-4-2-1-3-10(13)9-19/h5-7,10,13,19H,1-4,8-9H2,(H2,17,18,20). The first kappa shape index (κ1) is 15.1. The molecule has 20 heavy (non-hydrogen) atoms. The third kappa shape index (κ3) is 4.35. The predicted octanol–water partition coefficient (Wildman–Crippen LogP) is 2.09. The maximum absolute atomic E-state index is 11.9. The van der Waals surface area contributed by atoms with Gasteiger partial charge in [-0.3, -0.25) is 4.98 Å². The molecule has 1 aromatic rings. The molecule has 3 N–H and O–H groups in total. The van der Waals surface area contributed by atoms with Gasteiger partial charge in [0.1, 0.15) is 0 Å². The van der Waals surface area contributed by atoms with Crippen molar-refractivity contribution < 1.29 is 9.90 Å². The van der Waals surface area contributed by atoms with Crippen LogP contribution in [0.3, 0.4) is 0 Å². The molecule has 0 bridgehead atoms. The minimum Gasteiger partial charge on any atom is -0.396 e. The number of carbonyl (C=O) groups excluding carboxylic acids is 1. The van der Waals surface area contributed by atoms with Crippen LogP contribution in [-0.4, -0.2) is 28.8 Å². The number of rotatable bonds is 4. The maximum Gasteiger partial charge on any atom is 0.315 e. The average molecular weight is 298 g/mol. The number of urea groups is 1. The van der Waals surface area contributed by atoms with E-state index < -0.39 is 0 Å². The van der Waals surface area contributed by atoms with Gasteiger partial charge in [0.15, 0.2) is 0 Å². The van der Waals surface area contributed by atoms with Crippen molar-refractivity contribution in [3.63, 3.8) is 0 Å². The largest absolute Gasteiger partial charge is 0.396 e. The van der Waals surface area contributed by atoms with Crippen LogP contribution in [-0.2, 0) is 6.54 Å². The molecule has 2 rings (SSSR count). The Kier molecular flexibility index (Phi) is 5.61. The number of hydrogen-bond donors (Lipinski definition) is 3. The summed E-state index contributed by atoms with van der Waals surface area (Å²) in [5.74, 6) is 0.170. The van der Waals surface area contributed by atoms with Crippen molar-refractivity contribution in [2.24, 2.45) is 5.92 Å². The zero-order valence-electron chi connectivity index (χ0n) is 11.3. The van der Waals surface area contributed by atoms with Crippen molar-refractivity contribution >= 4 is 17.6 Å². The zero-order valence-corrected chi connectivity index (χ0v) is 12.1. The summed E-state index contributed by atoms with van der Waals surface area (Å²) in [6.07, 6.45) is 5.68. The first-order chi connectivity index (χ1) is 9.69. The van der Waals surface area contributed by atoms with E-state index in [0.29, 0.717) is 11.6 Å². The Labute approximate surface area is 123 Å². The van der Waals surface area contributed by atoms with Crippen LogP contribution in [0.1, 0.15) is 31.4 Å². The summed E-state index contributed by atoms with van der Waals surface area (Å²) in [7, 11) is 0. The zero-order chi connectivity index (χ0) is 14.4. The van der Waals surface area contributed by atoms with Crippen molar-refractivity contribution in [2.75, 3.05) is 6.61 Å². The van der Waals surface area contributed by atoms with Crippen molar-refractivity contribution in [3.8, 4) is 0 Å². The van der Waals surface area contributed by atoms with E-state index in [-0.39, 0.29) is 24.6 Å². The van der Waals surface area contributed by atoms with Gasteiger partial charge in [0.05, 0.1) is 17.3 Å². The predicted molar refractivity (Wildman–Crippen MR) is 77.5 cm³/mol. The first-order valence-corrected chi connectivity index (χ1v) is 7.32. The second-order valence-corrected chi connectivity index (χ2v) is 5.56. The molecule has 1 aromatic heterocycles. The molecule has 2 atom stereocenters. The minimum absolute atomic E-state index is 0.0620. The van der Waals surface area contributed by atoms with E-state index in [1.807, 2.05) is 0 Å². The molecule has 110 valence electrons. The third-order valence-electron chi connectivity index (χ3n) is 3.68.